The second kappa shape index (κ2) is 4.85. The number of nitrogens with two attached hydrogens (primary N) is 1. The van der Waals surface area contributed by atoms with Gasteiger partial charge in [0.15, 0.2) is 0 Å². The van der Waals surface area contributed by atoms with E-state index in [1.165, 1.54) is 6.07 Å². The summed E-state index contributed by atoms with van der Waals surface area (Å²) in [4.78, 5) is 0. The van der Waals surface area contributed by atoms with Crippen LogP contribution in [0.4, 0.5) is 4.39 Å². The molecule has 5 heteroatoms. The fourth-order valence-electron chi connectivity index (χ4n) is 1.68. The highest BCUT2D eigenvalue weighted by molar-refractivity contribution is 6.31. The first-order valence-electron chi connectivity index (χ1n) is 5.27. The lowest BCUT2D eigenvalue weighted by molar-refractivity contribution is 0.580. The summed E-state index contributed by atoms with van der Waals surface area (Å²) in [6, 6.07) is 4.65. The summed E-state index contributed by atoms with van der Waals surface area (Å²) in [5.41, 5.74) is 7.90. The molecule has 0 aliphatic heterocycles. The van der Waals surface area contributed by atoms with Gasteiger partial charge in [-0.1, -0.05) is 17.7 Å². The maximum absolute atomic E-state index is 13.6. The Labute approximate surface area is 104 Å². The van der Waals surface area contributed by atoms with E-state index in [9.17, 15) is 4.39 Å². The third kappa shape index (κ3) is 2.33. The summed E-state index contributed by atoms with van der Waals surface area (Å²) in [6.45, 7) is 2.65. The molecule has 1 aromatic heterocycles. The van der Waals surface area contributed by atoms with E-state index in [1.807, 2.05) is 6.92 Å². The summed E-state index contributed by atoms with van der Waals surface area (Å²) < 4.78 is 15.3. The van der Waals surface area contributed by atoms with Gasteiger partial charge >= 0.3 is 0 Å². The maximum Gasteiger partial charge on any atom is 0.129 e. The molecule has 2 N–H and O–H groups in total. The van der Waals surface area contributed by atoms with Gasteiger partial charge in [-0.3, -0.25) is 4.68 Å². The lowest BCUT2D eigenvalue weighted by Gasteiger charge is -2.08. The third-order valence-electron chi connectivity index (χ3n) is 2.79. The van der Waals surface area contributed by atoms with Crippen LogP contribution in [0, 0.1) is 12.7 Å². The van der Waals surface area contributed by atoms with Crippen LogP contribution in [0.3, 0.4) is 0 Å². The highest BCUT2D eigenvalue weighted by Crippen LogP contribution is 2.20. The Morgan fingerprint density at radius 2 is 2.24 bits per heavy atom. The zero-order chi connectivity index (χ0) is 12.4. The van der Waals surface area contributed by atoms with E-state index in [0.29, 0.717) is 23.7 Å². The quantitative estimate of drug-likeness (QED) is 0.913. The van der Waals surface area contributed by atoms with Crippen molar-refractivity contribution in [1.82, 2.24) is 9.78 Å². The molecule has 17 heavy (non-hydrogen) atoms. The average Bonchev–Trinajstić information content (AvgIpc) is 2.65. The van der Waals surface area contributed by atoms with Crippen LogP contribution in [-0.4, -0.2) is 9.78 Å². The third-order valence-corrected chi connectivity index (χ3v) is 3.15. The lowest BCUT2D eigenvalue weighted by atomic mass is 10.2. The van der Waals surface area contributed by atoms with Crippen molar-refractivity contribution in [2.24, 2.45) is 5.73 Å². The minimum absolute atomic E-state index is 0.317. The molecule has 2 aromatic rings. The molecule has 3 nitrogen and oxygen atoms in total. The molecular formula is C12H13ClFN3. The van der Waals surface area contributed by atoms with Crippen molar-refractivity contribution in [1.29, 1.82) is 0 Å². The van der Waals surface area contributed by atoms with E-state index >= 15 is 0 Å². The van der Waals surface area contributed by atoms with Crippen LogP contribution < -0.4 is 5.73 Å². The molecule has 0 radical (unpaired) electrons. The van der Waals surface area contributed by atoms with Crippen molar-refractivity contribution in [3.8, 4) is 0 Å². The van der Waals surface area contributed by atoms with Gasteiger partial charge in [-0.2, -0.15) is 5.10 Å². The fraction of sp³-hybridized carbons (Fsp3) is 0.250. The first-order chi connectivity index (χ1) is 8.13. The van der Waals surface area contributed by atoms with Crippen LogP contribution in [0.15, 0.2) is 24.4 Å². The topological polar surface area (TPSA) is 43.8 Å². The Hall–Kier alpha value is -1.39. The van der Waals surface area contributed by atoms with Gasteiger partial charge in [-0.25, -0.2) is 4.39 Å². The molecule has 0 fully saturated rings. The van der Waals surface area contributed by atoms with Crippen molar-refractivity contribution in [2.75, 3.05) is 0 Å². The van der Waals surface area contributed by atoms with Crippen molar-refractivity contribution >= 4 is 11.6 Å². The van der Waals surface area contributed by atoms with E-state index in [-0.39, 0.29) is 5.82 Å². The largest absolute Gasteiger partial charge is 0.326 e. The van der Waals surface area contributed by atoms with Gasteiger partial charge in [0.05, 0.1) is 12.7 Å². The summed E-state index contributed by atoms with van der Waals surface area (Å²) in [5.74, 6) is -0.318. The number of rotatable bonds is 3. The molecule has 0 saturated carbocycles. The van der Waals surface area contributed by atoms with Crippen LogP contribution >= 0.6 is 11.6 Å². The second-order valence-corrected chi connectivity index (χ2v) is 4.22. The van der Waals surface area contributed by atoms with Gasteiger partial charge in [0, 0.05) is 28.4 Å². The van der Waals surface area contributed by atoms with Crippen molar-refractivity contribution in [2.45, 2.75) is 20.0 Å². The van der Waals surface area contributed by atoms with E-state index in [2.05, 4.69) is 5.10 Å². The Bertz CT molecular complexity index is 516. The molecule has 0 saturated heterocycles. The molecule has 0 spiro atoms. The predicted molar refractivity (Wildman–Crippen MR) is 65.4 cm³/mol. The normalized spacial score (nSPS) is 10.8. The minimum atomic E-state index is -0.318. The van der Waals surface area contributed by atoms with Crippen LogP contribution in [0.25, 0.3) is 0 Å². The number of nitrogens with zero attached hydrogens (tertiary/aromatic N) is 2. The maximum atomic E-state index is 13.6. The molecule has 1 aromatic carbocycles. The number of hydrogen-bond acceptors (Lipinski definition) is 2. The molecule has 0 atom stereocenters. The molecule has 0 aliphatic rings. The predicted octanol–water partition coefficient (Wildman–Crippen LogP) is 2.49. The van der Waals surface area contributed by atoms with Gasteiger partial charge in [0.2, 0.25) is 0 Å². The fourth-order valence-corrected chi connectivity index (χ4v) is 1.90. The molecule has 90 valence electrons. The van der Waals surface area contributed by atoms with Gasteiger partial charge in [0.1, 0.15) is 5.82 Å². The molecule has 1 heterocycles. The second-order valence-electron chi connectivity index (χ2n) is 3.82. The molecule has 0 unspecified atom stereocenters. The van der Waals surface area contributed by atoms with E-state index in [1.54, 1.807) is 23.0 Å². The first-order valence-corrected chi connectivity index (χ1v) is 5.65. The van der Waals surface area contributed by atoms with Crippen molar-refractivity contribution in [3.63, 3.8) is 0 Å². The number of halogens is 2. The minimum Gasteiger partial charge on any atom is -0.326 e. The standard InChI is InChI=1S/C12H13ClFN3/c1-8-9(5-15)6-16-17(8)7-10-11(13)3-2-4-12(10)14/h2-4,6H,5,7,15H2,1H3. The zero-order valence-electron chi connectivity index (χ0n) is 9.45. The summed E-state index contributed by atoms with van der Waals surface area (Å²) in [6.07, 6.45) is 1.70. The Morgan fingerprint density at radius 1 is 1.47 bits per heavy atom. The highest BCUT2D eigenvalue weighted by Gasteiger charge is 2.11. The monoisotopic (exact) mass is 253 g/mol. The van der Waals surface area contributed by atoms with E-state index in [4.69, 9.17) is 17.3 Å². The molecule has 0 amide bonds. The highest BCUT2D eigenvalue weighted by atomic mass is 35.5. The summed E-state index contributed by atoms with van der Waals surface area (Å²) >= 11 is 5.97. The average molecular weight is 254 g/mol. The number of hydrogen-bond donors (Lipinski definition) is 1. The van der Waals surface area contributed by atoms with Crippen molar-refractivity contribution < 1.29 is 4.39 Å². The van der Waals surface area contributed by atoms with Crippen LogP contribution in [0.5, 0.6) is 0 Å². The smallest absolute Gasteiger partial charge is 0.129 e. The Balaban J connectivity index is 2.35. The molecule has 0 aliphatic carbocycles. The molecule has 0 bridgehead atoms. The first kappa shape index (κ1) is 12.1. The van der Waals surface area contributed by atoms with E-state index in [0.717, 1.165) is 11.3 Å². The van der Waals surface area contributed by atoms with Crippen LogP contribution in [0.2, 0.25) is 5.02 Å². The summed E-state index contributed by atoms with van der Waals surface area (Å²) in [5, 5.41) is 4.59. The van der Waals surface area contributed by atoms with Gasteiger partial charge in [0.25, 0.3) is 0 Å². The Morgan fingerprint density at radius 3 is 2.82 bits per heavy atom. The van der Waals surface area contributed by atoms with Gasteiger partial charge < -0.3 is 5.73 Å². The zero-order valence-corrected chi connectivity index (χ0v) is 10.2. The lowest BCUT2D eigenvalue weighted by Crippen LogP contribution is -2.07. The van der Waals surface area contributed by atoms with Crippen LogP contribution in [0.1, 0.15) is 16.8 Å². The van der Waals surface area contributed by atoms with E-state index < -0.39 is 0 Å². The SMILES string of the molecule is Cc1c(CN)cnn1Cc1c(F)cccc1Cl. The van der Waals surface area contributed by atoms with Crippen molar-refractivity contribution in [3.05, 3.63) is 52.1 Å². The number of benzene rings is 1. The van der Waals surface area contributed by atoms with Gasteiger partial charge in [-0.15, -0.1) is 0 Å². The molecule has 2 rings (SSSR count). The summed E-state index contributed by atoms with van der Waals surface area (Å²) in [7, 11) is 0. The van der Waals surface area contributed by atoms with Gasteiger partial charge in [-0.05, 0) is 19.1 Å². The van der Waals surface area contributed by atoms with Crippen LogP contribution in [-0.2, 0) is 13.1 Å². The number of aromatic nitrogens is 2. The molecular weight excluding hydrogens is 241 g/mol. The Kier molecular flexibility index (Phi) is 3.45.